The maximum absolute atomic E-state index is 10.7. The van der Waals surface area contributed by atoms with E-state index >= 15 is 0 Å². The number of benzene rings is 1. The SMILES string of the molecule is O=C(O)c1cc(COc2cccc3ncccc23)on1. The first-order valence-corrected chi connectivity index (χ1v) is 5.89. The highest BCUT2D eigenvalue weighted by Gasteiger charge is 2.11. The zero-order valence-electron chi connectivity index (χ0n) is 10.3. The summed E-state index contributed by atoms with van der Waals surface area (Å²) < 4.78 is 10.5. The largest absolute Gasteiger partial charge is 0.485 e. The van der Waals surface area contributed by atoms with E-state index in [0.717, 1.165) is 10.9 Å². The van der Waals surface area contributed by atoms with Gasteiger partial charge in [0.1, 0.15) is 12.4 Å². The van der Waals surface area contributed by atoms with Gasteiger partial charge in [-0.3, -0.25) is 4.98 Å². The van der Waals surface area contributed by atoms with E-state index < -0.39 is 5.97 Å². The second-order valence-electron chi connectivity index (χ2n) is 4.10. The van der Waals surface area contributed by atoms with Crippen LogP contribution in [-0.2, 0) is 6.61 Å². The smallest absolute Gasteiger partial charge is 0.358 e. The van der Waals surface area contributed by atoms with E-state index in [1.165, 1.54) is 6.07 Å². The van der Waals surface area contributed by atoms with Crippen molar-refractivity contribution in [3.63, 3.8) is 0 Å². The van der Waals surface area contributed by atoms with Crippen LogP contribution in [0.25, 0.3) is 10.9 Å². The van der Waals surface area contributed by atoms with Crippen molar-refractivity contribution in [2.45, 2.75) is 6.61 Å². The monoisotopic (exact) mass is 270 g/mol. The zero-order chi connectivity index (χ0) is 13.9. The molecule has 3 rings (SSSR count). The number of pyridine rings is 1. The molecule has 0 spiro atoms. The molecular weight excluding hydrogens is 260 g/mol. The van der Waals surface area contributed by atoms with Gasteiger partial charge in [-0.1, -0.05) is 11.2 Å². The summed E-state index contributed by atoms with van der Waals surface area (Å²) in [7, 11) is 0. The molecule has 0 amide bonds. The van der Waals surface area contributed by atoms with Crippen LogP contribution in [0.4, 0.5) is 0 Å². The van der Waals surface area contributed by atoms with Crippen molar-refractivity contribution in [3.05, 3.63) is 54.0 Å². The first kappa shape index (κ1) is 12.2. The highest BCUT2D eigenvalue weighted by atomic mass is 16.5. The van der Waals surface area contributed by atoms with Crippen LogP contribution in [0.1, 0.15) is 16.2 Å². The minimum atomic E-state index is -1.13. The molecule has 2 aromatic heterocycles. The average molecular weight is 270 g/mol. The maximum atomic E-state index is 10.7. The average Bonchev–Trinajstić information content (AvgIpc) is 2.94. The minimum absolute atomic E-state index is 0.105. The lowest BCUT2D eigenvalue weighted by Crippen LogP contribution is -1.96. The number of carboxylic acid groups (broad SMARTS) is 1. The van der Waals surface area contributed by atoms with E-state index in [-0.39, 0.29) is 12.3 Å². The first-order valence-electron chi connectivity index (χ1n) is 5.89. The molecule has 0 fully saturated rings. The van der Waals surface area contributed by atoms with E-state index in [0.29, 0.717) is 11.5 Å². The molecule has 6 heteroatoms. The van der Waals surface area contributed by atoms with Crippen molar-refractivity contribution in [2.75, 3.05) is 0 Å². The van der Waals surface area contributed by atoms with Crippen molar-refractivity contribution >= 4 is 16.9 Å². The fourth-order valence-electron chi connectivity index (χ4n) is 1.83. The van der Waals surface area contributed by atoms with Gasteiger partial charge in [0, 0.05) is 17.6 Å². The maximum Gasteiger partial charge on any atom is 0.358 e. The van der Waals surface area contributed by atoms with Crippen molar-refractivity contribution < 1.29 is 19.2 Å². The Morgan fingerprint density at radius 2 is 2.20 bits per heavy atom. The van der Waals surface area contributed by atoms with Crippen LogP contribution < -0.4 is 4.74 Å². The molecule has 2 heterocycles. The predicted octanol–water partition coefficient (Wildman–Crippen LogP) is 2.50. The van der Waals surface area contributed by atoms with Gasteiger partial charge >= 0.3 is 5.97 Å². The summed E-state index contributed by atoms with van der Waals surface area (Å²) in [4.78, 5) is 14.9. The Balaban J connectivity index is 1.81. The number of rotatable bonds is 4. The molecule has 0 unspecified atom stereocenters. The number of hydrogen-bond donors (Lipinski definition) is 1. The van der Waals surface area contributed by atoms with Gasteiger partial charge in [0.2, 0.25) is 0 Å². The van der Waals surface area contributed by atoms with Gasteiger partial charge in [-0.15, -0.1) is 0 Å². The normalized spacial score (nSPS) is 10.6. The van der Waals surface area contributed by atoms with Crippen LogP contribution in [0.5, 0.6) is 5.75 Å². The summed E-state index contributed by atoms with van der Waals surface area (Å²) in [5.41, 5.74) is 0.692. The first-order chi connectivity index (χ1) is 9.74. The Morgan fingerprint density at radius 3 is 3.00 bits per heavy atom. The van der Waals surface area contributed by atoms with E-state index in [1.54, 1.807) is 6.20 Å². The summed E-state index contributed by atoms with van der Waals surface area (Å²) in [6, 6.07) is 10.6. The molecule has 1 aromatic carbocycles. The van der Waals surface area contributed by atoms with E-state index in [2.05, 4.69) is 10.1 Å². The molecule has 0 radical (unpaired) electrons. The highest BCUT2D eigenvalue weighted by Crippen LogP contribution is 2.24. The molecule has 0 saturated heterocycles. The molecular formula is C14H10N2O4. The van der Waals surface area contributed by atoms with Gasteiger partial charge in [-0.25, -0.2) is 4.79 Å². The number of hydrogen-bond acceptors (Lipinski definition) is 5. The van der Waals surface area contributed by atoms with Gasteiger partial charge in [0.25, 0.3) is 0 Å². The number of ether oxygens (including phenoxy) is 1. The Kier molecular flexibility index (Phi) is 3.04. The lowest BCUT2D eigenvalue weighted by atomic mass is 10.2. The van der Waals surface area contributed by atoms with Crippen LogP contribution in [-0.4, -0.2) is 21.2 Å². The van der Waals surface area contributed by atoms with Crippen molar-refractivity contribution in [1.29, 1.82) is 0 Å². The second kappa shape index (κ2) is 5.00. The molecule has 0 bridgehead atoms. The van der Waals surface area contributed by atoms with Crippen LogP contribution in [0.15, 0.2) is 47.1 Å². The molecule has 0 aliphatic heterocycles. The number of carbonyl (C=O) groups is 1. The summed E-state index contributed by atoms with van der Waals surface area (Å²) >= 11 is 0. The number of aromatic carboxylic acids is 1. The molecule has 0 aliphatic carbocycles. The van der Waals surface area contributed by atoms with Crippen molar-refractivity contribution in [3.8, 4) is 5.75 Å². The van der Waals surface area contributed by atoms with Gasteiger partial charge in [0.15, 0.2) is 11.5 Å². The summed E-state index contributed by atoms with van der Waals surface area (Å²) in [6.07, 6.45) is 1.71. The van der Waals surface area contributed by atoms with Crippen molar-refractivity contribution in [2.24, 2.45) is 0 Å². The second-order valence-corrected chi connectivity index (χ2v) is 4.10. The van der Waals surface area contributed by atoms with Gasteiger partial charge in [0.05, 0.1) is 5.52 Å². The van der Waals surface area contributed by atoms with E-state index in [1.807, 2.05) is 30.3 Å². The molecule has 20 heavy (non-hydrogen) atoms. The predicted molar refractivity (Wildman–Crippen MR) is 69.5 cm³/mol. The summed E-state index contributed by atoms with van der Waals surface area (Å²) in [6.45, 7) is 0.105. The standard InChI is InChI=1S/C14H10N2O4/c17-14(18)12-7-9(20-16-12)8-19-13-5-1-4-11-10(13)3-2-6-15-11/h1-7H,8H2,(H,17,18). The highest BCUT2D eigenvalue weighted by molar-refractivity contribution is 5.85. The van der Waals surface area contributed by atoms with Crippen LogP contribution in [0, 0.1) is 0 Å². The third-order valence-electron chi connectivity index (χ3n) is 2.75. The fourth-order valence-corrected chi connectivity index (χ4v) is 1.83. The minimum Gasteiger partial charge on any atom is -0.485 e. The fraction of sp³-hybridized carbons (Fsp3) is 0.0714. The molecule has 0 saturated carbocycles. The quantitative estimate of drug-likeness (QED) is 0.783. The molecule has 3 aromatic rings. The van der Waals surface area contributed by atoms with Crippen molar-refractivity contribution in [1.82, 2.24) is 10.1 Å². The van der Waals surface area contributed by atoms with Gasteiger partial charge in [-0.2, -0.15) is 0 Å². The Hall–Kier alpha value is -2.89. The van der Waals surface area contributed by atoms with E-state index in [4.69, 9.17) is 14.4 Å². The number of nitrogens with zero attached hydrogens (tertiary/aromatic N) is 2. The van der Waals surface area contributed by atoms with Crippen LogP contribution in [0.2, 0.25) is 0 Å². The number of fused-ring (bicyclic) bond motifs is 1. The summed E-state index contributed by atoms with van der Waals surface area (Å²) in [5, 5.41) is 13.1. The zero-order valence-corrected chi connectivity index (χ0v) is 10.3. The molecule has 1 N–H and O–H groups in total. The van der Waals surface area contributed by atoms with Crippen LogP contribution in [0.3, 0.4) is 0 Å². The Labute approximate surface area is 113 Å². The molecule has 0 aliphatic rings. The number of aromatic nitrogens is 2. The topological polar surface area (TPSA) is 85.5 Å². The van der Waals surface area contributed by atoms with E-state index in [9.17, 15) is 4.79 Å². The third kappa shape index (κ3) is 2.31. The molecule has 6 nitrogen and oxygen atoms in total. The van der Waals surface area contributed by atoms with Gasteiger partial charge < -0.3 is 14.4 Å². The lowest BCUT2D eigenvalue weighted by molar-refractivity contribution is 0.0685. The summed E-state index contributed by atoms with van der Waals surface area (Å²) in [5.74, 6) is -0.124. The lowest BCUT2D eigenvalue weighted by Gasteiger charge is -2.06. The third-order valence-corrected chi connectivity index (χ3v) is 2.75. The molecule has 0 atom stereocenters. The van der Waals surface area contributed by atoms with Gasteiger partial charge in [-0.05, 0) is 24.3 Å². The molecule has 100 valence electrons. The van der Waals surface area contributed by atoms with Crippen LogP contribution >= 0.6 is 0 Å². The number of carboxylic acids is 1. The Morgan fingerprint density at radius 1 is 1.30 bits per heavy atom. The Bertz CT molecular complexity index is 761.